The van der Waals surface area contributed by atoms with Crippen LogP contribution in [-0.4, -0.2) is 35.8 Å². The van der Waals surface area contributed by atoms with E-state index in [-0.39, 0.29) is 18.2 Å². The summed E-state index contributed by atoms with van der Waals surface area (Å²) in [6.07, 6.45) is 0. The Labute approximate surface area is 156 Å². The molecular formula is C20H19FN2O4. The molecule has 7 heteroatoms. The number of methoxy groups -OCH3 is 1. The molecule has 0 spiro atoms. The fraction of sp³-hybridized carbons (Fsp3) is 0.250. The number of urea groups is 1. The zero-order valence-electron chi connectivity index (χ0n) is 15.2. The third kappa shape index (κ3) is 3.40. The molecule has 0 saturated carbocycles. The van der Waals surface area contributed by atoms with Gasteiger partial charge in [-0.15, -0.1) is 0 Å². The number of benzene rings is 2. The van der Waals surface area contributed by atoms with E-state index in [1.54, 1.807) is 25.1 Å². The van der Waals surface area contributed by atoms with Crippen molar-refractivity contribution in [3.63, 3.8) is 0 Å². The van der Waals surface area contributed by atoms with Crippen molar-refractivity contribution in [2.45, 2.75) is 26.4 Å². The lowest BCUT2D eigenvalue weighted by Gasteiger charge is -2.20. The van der Waals surface area contributed by atoms with Crippen molar-refractivity contribution in [1.82, 2.24) is 4.90 Å². The Morgan fingerprint density at radius 3 is 2.41 bits per heavy atom. The minimum atomic E-state index is -0.718. The highest BCUT2D eigenvalue weighted by molar-refractivity contribution is 6.14. The minimum Gasteiger partial charge on any atom is -0.496 e. The van der Waals surface area contributed by atoms with Crippen LogP contribution in [0.4, 0.5) is 14.9 Å². The fourth-order valence-corrected chi connectivity index (χ4v) is 3.10. The fourth-order valence-electron chi connectivity index (χ4n) is 3.10. The van der Waals surface area contributed by atoms with Gasteiger partial charge in [-0.25, -0.2) is 9.18 Å². The van der Waals surface area contributed by atoms with Crippen LogP contribution in [0, 0.1) is 5.82 Å². The highest BCUT2D eigenvalue weighted by Crippen LogP contribution is 2.29. The number of rotatable bonds is 5. The van der Waals surface area contributed by atoms with Crippen LogP contribution in [0.2, 0.25) is 0 Å². The number of hydrogen-bond donors (Lipinski definition) is 0. The third-order valence-corrected chi connectivity index (χ3v) is 4.57. The number of carbonyl (C=O) groups excluding carboxylic acids is 3. The van der Waals surface area contributed by atoms with Gasteiger partial charge in [-0.2, -0.15) is 0 Å². The van der Waals surface area contributed by atoms with Crippen molar-refractivity contribution in [3.05, 3.63) is 59.4 Å². The van der Waals surface area contributed by atoms with Gasteiger partial charge in [0.1, 0.15) is 17.6 Å². The van der Waals surface area contributed by atoms with Gasteiger partial charge in [-0.05, 0) is 56.3 Å². The molecule has 0 N–H and O–H groups in total. The molecule has 1 aliphatic heterocycles. The zero-order valence-corrected chi connectivity index (χ0v) is 15.2. The van der Waals surface area contributed by atoms with Crippen molar-refractivity contribution in [2.75, 3.05) is 12.0 Å². The van der Waals surface area contributed by atoms with Crippen LogP contribution in [0.1, 0.15) is 29.8 Å². The number of ether oxygens (including phenoxy) is 1. The summed E-state index contributed by atoms with van der Waals surface area (Å²) >= 11 is 0. The van der Waals surface area contributed by atoms with Crippen LogP contribution in [-0.2, 0) is 11.3 Å². The first-order valence-corrected chi connectivity index (χ1v) is 8.41. The molecule has 0 aliphatic carbocycles. The van der Waals surface area contributed by atoms with E-state index in [4.69, 9.17) is 4.74 Å². The van der Waals surface area contributed by atoms with Gasteiger partial charge in [0.15, 0.2) is 5.78 Å². The Hall–Kier alpha value is -3.22. The van der Waals surface area contributed by atoms with Crippen molar-refractivity contribution < 1.29 is 23.5 Å². The molecule has 140 valence electrons. The zero-order chi connectivity index (χ0) is 19.7. The molecular weight excluding hydrogens is 351 g/mol. The predicted octanol–water partition coefficient (Wildman–Crippen LogP) is 3.39. The standard InChI is InChI=1S/C20H19FN2O4/c1-12-19(25)22(20(26)23(12)17-7-5-16(21)6-8-17)11-15-10-14(13(2)24)4-9-18(15)27-3/h4-10,12H,11H2,1-3H3/t12-/m0/s1. The molecule has 2 aromatic rings. The molecule has 3 amide bonds. The van der Waals surface area contributed by atoms with E-state index in [1.807, 2.05) is 0 Å². The van der Waals surface area contributed by atoms with Crippen LogP contribution < -0.4 is 9.64 Å². The normalized spacial score (nSPS) is 16.8. The van der Waals surface area contributed by atoms with Crippen molar-refractivity contribution in [1.29, 1.82) is 0 Å². The summed E-state index contributed by atoms with van der Waals surface area (Å²) < 4.78 is 18.5. The summed E-state index contributed by atoms with van der Waals surface area (Å²) in [7, 11) is 1.48. The summed E-state index contributed by atoms with van der Waals surface area (Å²) in [5, 5.41) is 0. The summed E-state index contributed by atoms with van der Waals surface area (Å²) in [5.41, 5.74) is 1.46. The number of anilines is 1. The number of hydrogen-bond acceptors (Lipinski definition) is 4. The molecule has 0 aromatic heterocycles. The molecule has 0 radical (unpaired) electrons. The molecule has 27 heavy (non-hydrogen) atoms. The van der Waals surface area contributed by atoms with Gasteiger partial charge >= 0.3 is 6.03 Å². The monoisotopic (exact) mass is 370 g/mol. The maximum absolute atomic E-state index is 13.2. The molecule has 1 aliphatic rings. The SMILES string of the molecule is COc1ccc(C(C)=O)cc1CN1C(=O)[C@H](C)N(c2ccc(F)cc2)C1=O. The molecule has 1 fully saturated rings. The van der Waals surface area contributed by atoms with E-state index >= 15 is 0 Å². The molecule has 1 saturated heterocycles. The highest BCUT2D eigenvalue weighted by atomic mass is 19.1. The lowest BCUT2D eigenvalue weighted by molar-refractivity contribution is -0.127. The lowest BCUT2D eigenvalue weighted by Crippen LogP contribution is -2.33. The maximum atomic E-state index is 13.2. The van der Waals surface area contributed by atoms with Gasteiger partial charge in [0.05, 0.1) is 13.7 Å². The van der Waals surface area contributed by atoms with Gasteiger partial charge in [0.2, 0.25) is 0 Å². The van der Waals surface area contributed by atoms with Gasteiger partial charge in [0.25, 0.3) is 5.91 Å². The van der Waals surface area contributed by atoms with Crippen LogP contribution >= 0.6 is 0 Å². The second-order valence-electron chi connectivity index (χ2n) is 6.31. The van der Waals surface area contributed by atoms with Crippen LogP contribution in [0.25, 0.3) is 0 Å². The van der Waals surface area contributed by atoms with E-state index in [9.17, 15) is 18.8 Å². The molecule has 0 bridgehead atoms. The van der Waals surface area contributed by atoms with E-state index in [1.165, 1.54) is 43.2 Å². The number of imide groups is 1. The first-order chi connectivity index (χ1) is 12.8. The Morgan fingerprint density at radius 1 is 1.15 bits per heavy atom. The number of ketones is 1. The predicted molar refractivity (Wildman–Crippen MR) is 97.3 cm³/mol. The number of amides is 3. The smallest absolute Gasteiger partial charge is 0.332 e. The highest BCUT2D eigenvalue weighted by Gasteiger charge is 2.43. The molecule has 0 unspecified atom stereocenters. The molecule has 1 atom stereocenters. The molecule has 3 rings (SSSR count). The van der Waals surface area contributed by atoms with Crippen molar-refractivity contribution >= 4 is 23.4 Å². The Balaban J connectivity index is 1.93. The lowest BCUT2D eigenvalue weighted by atomic mass is 10.1. The Kier molecular flexibility index (Phi) is 4.94. The Morgan fingerprint density at radius 2 is 1.81 bits per heavy atom. The molecule has 2 aromatic carbocycles. The van der Waals surface area contributed by atoms with E-state index in [2.05, 4.69) is 0 Å². The summed E-state index contributed by atoms with van der Waals surface area (Å²) in [4.78, 5) is 39.6. The van der Waals surface area contributed by atoms with E-state index < -0.39 is 17.9 Å². The number of Topliss-reactive ketones (excluding diaryl/α,β-unsaturated/α-hetero) is 1. The second kappa shape index (κ2) is 7.19. The Bertz CT molecular complexity index is 911. The number of halogens is 1. The van der Waals surface area contributed by atoms with E-state index in [0.717, 1.165) is 4.90 Å². The van der Waals surface area contributed by atoms with Gasteiger partial charge in [-0.1, -0.05) is 0 Å². The summed E-state index contributed by atoms with van der Waals surface area (Å²) in [5.74, 6) is -0.445. The van der Waals surface area contributed by atoms with Crippen molar-refractivity contribution in [3.8, 4) is 5.75 Å². The minimum absolute atomic E-state index is 0.0238. The molecule has 1 heterocycles. The average Bonchev–Trinajstić information content (AvgIpc) is 2.86. The van der Waals surface area contributed by atoms with Crippen LogP contribution in [0.5, 0.6) is 5.75 Å². The maximum Gasteiger partial charge on any atom is 0.332 e. The van der Waals surface area contributed by atoms with Gasteiger partial charge < -0.3 is 4.74 Å². The molecule has 6 nitrogen and oxygen atoms in total. The first kappa shape index (κ1) is 18.6. The van der Waals surface area contributed by atoms with Crippen molar-refractivity contribution in [2.24, 2.45) is 0 Å². The summed E-state index contributed by atoms with van der Waals surface area (Å²) in [6.45, 7) is 3.03. The third-order valence-electron chi connectivity index (χ3n) is 4.57. The largest absolute Gasteiger partial charge is 0.496 e. The summed E-state index contributed by atoms with van der Waals surface area (Å²) in [6, 6.07) is 9.05. The number of carbonyl (C=O) groups is 3. The van der Waals surface area contributed by atoms with Crippen LogP contribution in [0.15, 0.2) is 42.5 Å². The number of nitrogens with zero attached hydrogens (tertiary/aromatic N) is 2. The van der Waals surface area contributed by atoms with Crippen LogP contribution in [0.3, 0.4) is 0 Å². The quantitative estimate of drug-likeness (QED) is 0.598. The first-order valence-electron chi connectivity index (χ1n) is 8.41. The topological polar surface area (TPSA) is 66.9 Å². The van der Waals surface area contributed by atoms with E-state index in [0.29, 0.717) is 22.6 Å². The van der Waals surface area contributed by atoms with Gasteiger partial charge in [-0.3, -0.25) is 19.4 Å². The second-order valence-corrected chi connectivity index (χ2v) is 6.31. The van der Waals surface area contributed by atoms with Gasteiger partial charge in [0, 0.05) is 16.8 Å². The average molecular weight is 370 g/mol.